The first kappa shape index (κ1) is 26.5. The Morgan fingerprint density at radius 2 is 1.68 bits per heavy atom. The van der Waals surface area contributed by atoms with Gasteiger partial charge in [-0.2, -0.15) is 0 Å². The lowest BCUT2D eigenvalue weighted by Gasteiger charge is -2.32. The molecule has 184 valence electrons. The van der Waals surface area contributed by atoms with E-state index in [0.717, 1.165) is 45.4 Å². The first-order chi connectivity index (χ1) is 16.1. The van der Waals surface area contributed by atoms with Gasteiger partial charge in [0.05, 0.1) is 11.9 Å². The van der Waals surface area contributed by atoms with Crippen LogP contribution in [-0.2, 0) is 26.0 Å². The highest BCUT2D eigenvalue weighted by Gasteiger charge is 2.31. The normalized spacial score (nSPS) is 15.0. The van der Waals surface area contributed by atoms with Crippen LogP contribution >= 0.6 is 22.6 Å². The topological polar surface area (TPSA) is 86.8 Å². The van der Waals surface area contributed by atoms with Crippen LogP contribution in [0.25, 0.3) is 0 Å². The third-order valence-corrected chi connectivity index (χ3v) is 8.01. The summed E-state index contributed by atoms with van der Waals surface area (Å²) in [7, 11) is -3.71. The van der Waals surface area contributed by atoms with Crippen LogP contribution in [0.2, 0.25) is 0 Å². The van der Waals surface area contributed by atoms with Gasteiger partial charge in [0.15, 0.2) is 0 Å². The molecule has 0 bridgehead atoms. The maximum atomic E-state index is 13.5. The quantitative estimate of drug-likeness (QED) is 0.425. The van der Waals surface area contributed by atoms with Gasteiger partial charge >= 0.3 is 0 Å². The number of nitrogens with one attached hydrogen (secondary N) is 1. The molecule has 0 aliphatic heterocycles. The van der Waals surface area contributed by atoms with Crippen LogP contribution in [0, 0.1) is 3.57 Å². The molecule has 1 fully saturated rings. The molecule has 1 saturated carbocycles. The van der Waals surface area contributed by atoms with Crippen molar-refractivity contribution in [2.24, 2.45) is 0 Å². The number of halogens is 1. The fourth-order valence-corrected chi connectivity index (χ4v) is 5.39. The molecular formula is C25H32IN3O4S. The van der Waals surface area contributed by atoms with Crippen LogP contribution in [0.1, 0.15) is 38.2 Å². The molecule has 0 radical (unpaired) electrons. The summed E-state index contributed by atoms with van der Waals surface area (Å²) in [5.74, 6) is -0.609. The summed E-state index contributed by atoms with van der Waals surface area (Å²) in [6.07, 6.45) is 5.74. The van der Waals surface area contributed by atoms with Crippen LogP contribution in [0.4, 0.5) is 5.69 Å². The molecule has 34 heavy (non-hydrogen) atoms. The Balaban J connectivity index is 1.81. The molecular weight excluding hydrogens is 565 g/mol. The second-order valence-corrected chi connectivity index (χ2v) is 11.9. The minimum absolute atomic E-state index is 0.139. The number of nitrogens with zero attached hydrogens (tertiary/aromatic N) is 2. The van der Waals surface area contributed by atoms with E-state index < -0.39 is 22.0 Å². The summed E-state index contributed by atoms with van der Waals surface area (Å²) in [5, 5.41) is 3.07. The molecule has 2 aromatic rings. The summed E-state index contributed by atoms with van der Waals surface area (Å²) in [4.78, 5) is 28.0. The summed E-state index contributed by atoms with van der Waals surface area (Å²) in [5.41, 5.74) is 1.46. The minimum Gasteiger partial charge on any atom is -0.352 e. The van der Waals surface area contributed by atoms with Gasteiger partial charge in [0.1, 0.15) is 12.6 Å². The van der Waals surface area contributed by atoms with Gasteiger partial charge in [-0.25, -0.2) is 8.42 Å². The highest BCUT2D eigenvalue weighted by molar-refractivity contribution is 14.1. The fraction of sp³-hybridized carbons (Fsp3) is 0.440. The van der Waals surface area contributed by atoms with Crippen molar-refractivity contribution in [3.63, 3.8) is 0 Å². The Kier molecular flexibility index (Phi) is 9.35. The van der Waals surface area contributed by atoms with Crippen molar-refractivity contribution in [1.82, 2.24) is 10.2 Å². The van der Waals surface area contributed by atoms with Crippen molar-refractivity contribution in [2.75, 3.05) is 23.7 Å². The molecule has 2 amide bonds. The second kappa shape index (κ2) is 12.0. The zero-order chi connectivity index (χ0) is 24.7. The Bertz CT molecular complexity index is 1070. The van der Waals surface area contributed by atoms with E-state index >= 15 is 0 Å². The zero-order valence-electron chi connectivity index (χ0n) is 19.6. The highest BCUT2D eigenvalue weighted by atomic mass is 127. The van der Waals surface area contributed by atoms with Crippen LogP contribution in [0.3, 0.4) is 0 Å². The third-order valence-electron chi connectivity index (χ3n) is 6.15. The van der Waals surface area contributed by atoms with Gasteiger partial charge in [-0.15, -0.1) is 0 Å². The monoisotopic (exact) mass is 597 g/mol. The number of carbonyl (C=O) groups excluding carboxylic acids is 2. The van der Waals surface area contributed by atoms with Gasteiger partial charge in [-0.1, -0.05) is 43.2 Å². The standard InChI is InChI=1S/C25H32IN3O4S/c1-19(25(31)27-22-10-6-7-11-22)28(17-16-20-8-4-3-5-9-20)24(30)18-29(34(2,32)33)23-14-12-21(26)13-15-23/h3-5,8-9,12-15,19,22H,6-7,10-11,16-18H2,1-2H3,(H,27,31)/t19-/m0/s1. The number of rotatable bonds is 10. The molecule has 2 aromatic carbocycles. The SMILES string of the molecule is C[C@@H](C(=O)NC1CCCC1)N(CCc1ccccc1)C(=O)CN(c1ccc(I)cc1)S(C)(=O)=O. The zero-order valence-corrected chi connectivity index (χ0v) is 22.6. The number of benzene rings is 2. The van der Waals surface area contributed by atoms with Crippen molar-refractivity contribution < 1.29 is 18.0 Å². The summed E-state index contributed by atoms with van der Waals surface area (Å²) < 4.78 is 27.2. The van der Waals surface area contributed by atoms with Crippen molar-refractivity contribution in [2.45, 2.75) is 51.1 Å². The van der Waals surface area contributed by atoms with Crippen molar-refractivity contribution in [3.05, 3.63) is 63.7 Å². The summed E-state index contributed by atoms with van der Waals surface area (Å²) >= 11 is 2.14. The molecule has 1 atom stereocenters. The molecule has 0 unspecified atom stereocenters. The van der Waals surface area contributed by atoms with E-state index in [4.69, 9.17) is 0 Å². The molecule has 1 N–H and O–H groups in total. The fourth-order valence-electron chi connectivity index (χ4n) is 4.18. The van der Waals surface area contributed by atoms with E-state index in [-0.39, 0.29) is 18.5 Å². The van der Waals surface area contributed by atoms with Crippen LogP contribution in [0.15, 0.2) is 54.6 Å². The molecule has 0 spiro atoms. The number of hydrogen-bond acceptors (Lipinski definition) is 4. The average Bonchev–Trinajstić information content (AvgIpc) is 3.31. The Morgan fingerprint density at radius 1 is 1.06 bits per heavy atom. The Labute approximate surface area is 216 Å². The van der Waals surface area contributed by atoms with Gasteiger partial charge in [-0.05, 0) is 78.6 Å². The largest absolute Gasteiger partial charge is 0.352 e. The summed E-state index contributed by atoms with van der Waals surface area (Å²) in [6, 6.07) is 16.1. The van der Waals surface area contributed by atoms with E-state index in [1.54, 1.807) is 31.2 Å². The maximum absolute atomic E-state index is 13.5. The molecule has 1 aliphatic carbocycles. The van der Waals surface area contributed by atoms with Crippen LogP contribution in [0.5, 0.6) is 0 Å². The lowest BCUT2D eigenvalue weighted by molar-refractivity contribution is -0.139. The average molecular weight is 598 g/mol. The van der Waals surface area contributed by atoms with E-state index in [1.807, 2.05) is 30.3 Å². The predicted molar refractivity (Wildman–Crippen MR) is 143 cm³/mol. The van der Waals surface area contributed by atoms with Crippen molar-refractivity contribution >= 4 is 50.1 Å². The van der Waals surface area contributed by atoms with Crippen molar-refractivity contribution in [1.29, 1.82) is 0 Å². The van der Waals surface area contributed by atoms with Crippen LogP contribution in [-0.4, -0.2) is 56.6 Å². The van der Waals surface area contributed by atoms with Crippen molar-refractivity contribution in [3.8, 4) is 0 Å². The minimum atomic E-state index is -3.71. The van der Waals surface area contributed by atoms with E-state index in [1.165, 1.54) is 4.90 Å². The van der Waals surface area contributed by atoms with Gasteiger partial charge < -0.3 is 10.2 Å². The first-order valence-electron chi connectivity index (χ1n) is 11.5. The number of anilines is 1. The number of hydrogen-bond donors (Lipinski definition) is 1. The molecule has 0 heterocycles. The molecule has 3 rings (SSSR count). The van der Waals surface area contributed by atoms with Gasteiger partial charge in [-0.3, -0.25) is 13.9 Å². The smallest absolute Gasteiger partial charge is 0.244 e. The van der Waals surface area contributed by atoms with E-state index in [2.05, 4.69) is 27.9 Å². The van der Waals surface area contributed by atoms with Gasteiger partial charge in [0, 0.05) is 16.2 Å². The number of sulfonamides is 1. The van der Waals surface area contributed by atoms with Gasteiger partial charge in [0.25, 0.3) is 0 Å². The predicted octanol–water partition coefficient (Wildman–Crippen LogP) is 3.58. The number of carbonyl (C=O) groups is 2. The first-order valence-corrected chi connectivity index (χ1v) is 14.4. The lowest BCUT2D eigenvalue weighted by Crippen LogP contribution is -2.53. The molecule has 7 nitrogen and oxygen atoms in total. The maximum Gasteiger partial charge on any atom is 0.244 e. The molecule has 0 saturated heterocycles. The molecule has 0 aromatic heterocycles. The van der Waals surface area contributed by atoms with E-state index in [9.17, 15) is 18.0 Å². The summed E-state index contributed by atoms with van der Waals surface area (Å²) in [6.45, 7) is 1.66. The second-order valence-electron chi connectivity index (χ2n) is 8.73. The molecule has 1 aliphatic rings. The third kappa shape index (κ3) is 7.43. The Morgan fingerprint density at radius 3 is 2.26 bits per heavy atom. The molecule has 9 heteroatoms. The Hall–Kier alpha value is -2.14. The van der Waals surface area contributed by atoms with E-state index in [0.29, 0.717) is 18.7 Å². The van der Waals surface area contributed by atoms with Crippen LogP contribution < -0.4 is 9.62 Å². The lowest BCUT2D eigenvalue weighted by atomic mass is 10.1. The van der Waals surface area contributed by atoms with Gasteiger partial charge in [0.2, 0.25) is 21.8 Å². The number of amides is 2. The highest BCUT2D eigenvalue weighted by Crippen LogP contribution is 2.21.